The van der Waals surface area contributed by atoms with Crippen molar-refractivity contribution in [3.8, 4) is 5.75 Å². The Bertz CT molecular complexity index is 451. The van der Waals surface area contributed by atoms with E-state index in [2.05, 4.69) is 15.9 Å². The highest BCUT2D eigenvalue weighted by Gasteiger charge is 2.27. The molecule has 1 aliphatic heterocycles. The molecule has 1 atom stereocenters. The molecule has 18 heavy (non-hydrogen) atoms. The molecule has 1 aliphatic rings. The van der Waals surface area contributed by atoms with E-state index in [4.69, 9.17) is 5.73 Å². The van der Waals surface area contributed by atoms with Gasteiger partial charge in [-0.2, -0.15) is 0 Å². The molecule has 1 amide bonds. The molecule has 1 unspecified atom stereocenters. The summed E-state index contributed by atoms with van der Waals surface area (Å²) in [7, 11) is 0. The van der Waals surface area contributed by atoms with Crippen molar-refractivity contribution in [1.29, 1.82) is 0 Å². The number of rotatable bonds is 2. The van der Waals surface area contributed by atoms with E-state index in [1.165, 1.54) is 6.07 Å². The zero-order valence-electron chi connectivity index (χ0n) is 10.1. The van der Waals surface area contributed by atoms with Crippen molar-refractivity contribution in [3.05, 3.63) is 28.2 Å². The molecule has 2 rings (SSSR count). The minimum Gasteiger partial charge on any atom is -0.507 e. The molecular formula is C13H17BrN2O2. The van der Waals surface area contributed by atoms with E-state index >= 15 is 0 Å². The van der Waals surface area contributed by atoms with Crippen molar-refractivity contribution < 1.29 is 9.90 Å². The molecule has 98 valence electrons. The average molecular weight is 313 g/mol. The predicted molar refractivity (Wildman–Crippen MR) is 73.5 cm³/mol. The number of nitrogens with two attached hydrogens (primary N) is 1. The quantitative estimate of drug-likeness (QED) is 0.879. The molecule has 1 fully saturated rings. The summed E-state index contributed by atoms with van der Waals surface area (Å²) in [6.07, 6.45) is 3.05. The fourth-order valence-corrected chi connectivity index (χ4v) is 2.71. The number of phenols is 1. The summed E-state index contributed by atoms with van der Waals surface area (Å²) in [5, 5.41) is 9.80. The van der Waals surface area contributed by atoms with E-state index in [9.17, 15) is 9.90 Å². The minimum absolute atomic E-state index is 0.0181. The fourth-order valence-electron chi connectivity index (χ4n) is 2.35. The topological polar surface area (TPSA) is 66.6 Å². The Morgan fingerprint density at radius 3 is 3.00 bits per heavy atom. The zero-order valence-corrected chi connectivity index (χ0v) is 11.7. The highest BCUT2D eigenvalue weighted by molar-refractivity contribution is 9.10. The normalized spacial score (nSPS) is 19.9. The van der Waals surface area contributed by atoms with Crippen LogP contribution in [0.5, 0.6) is 5.75 Å². The van der Waals surface area contributed by atoms with E-state index in [-0.39, 0.29) is 17.7 Å². The Morgan fingerprint density at radius 1 is 1.50 bits per heavy atom. The van der Waals surface area contributed by atoms with Crippen LogP contribution in [0, 0.1) is 0 Å². The van der Waals surface area contributed by atoms with Gasteiger partial charge < -0.3 is 15.7 Å². The van der Waals surface area contributed by atoms with Gasteiger partial charge in [-0.1, -0.05) is 15.9 Å². The third-order valence-corrected chi connectivity index (χ3v) is 3.84. The summed E-state index contributed by atoms with van der Waals surface area (Å²) < 4.78 is 0.782. The van der Waals surface area contributed by atoms with E-state index in [0.29, 0.717) is 18.7 Å². The van der Waals surface area contributed by atoms with Gasteiger partial charge in [-0.15, -0.1) is 0 Å². The van der Waals surface area contributed by atoms with Crippen LogP contribution in [0.25, 0.3) is 0 Å². The number of carbonyl (C=O) groups excluding carboxylic acids is 1. The Labute approximate surface area is 115 Å². The fraction of sp³-hybridized carbons (Fsp3) is 0.462. The molecule has 1 saturated heterocycles. The summed E-state index contributed by atoms with van der Waals surface area (Å²) in [5.74, 6) is -0.117. The SMILES string of the molecule is NCC1CCCCN1C(=O)c1cc(Br)ccc1O. The van der Waals surface area contributed by atoms with Crippen LogP contribution >= 0.6 is 15.9 Å². The standard InChI is InChI=1S/C13H17BrN2O2/c14-9-4-5-12(17)11(7-9)13(18)16-6-2-1-3-10(16)8-15/h4-5,7,10,17H,1-3,6,8,15H2. The number of halogens is 1. The maximum atomic E-state index is 12.4. The van der Waals surface area contributed by atoms with Crippen LogP contribution in [-0.2, 0) is 0 Å². The Morgan fingerprint density at radius 2 is 2.28 bits per heavy atom. The number of phenolic OH excluding ortho intramolecular Hbond substituents is 1. The Hall–Kier alpha value is -1.07. The van der Waals surface area contributed by atoms with Gasteiger partial charge in [0.05, 0.1) is 5.56 Å². The number of carbonyl (C=O) groups is 1. The third-order valence-electron chi connectivity index (χ3n) is 3.35. The van der Waals surface area contributed by atoms with Gasteiger partial charge in [-0.05, 0) is 37.5 Å². The van der Waals surface area contributed by atoms with Crippen molar-refractivity contribution in [2.24, 2.45) is 5.73 Å². The molecule has 1 aromatic rings. The maximum absolute atomic E-state index is 12.4. The summed E-state index contributed by atoms with van der Waals surface area (Å²) in [6, 6.07) is 4.98. The molecule has 0 aliphatic carbocycles. The van der Waals surface area contributed by atoms with E-state index in [0.717, 1.165) is 23.7 Å². The molecule has 5 heteroatoms. The van der Waals surface area contributed by atoms with E-state index in [1.807, 2.05) is 0 Å². The van der Waals surface area contributed by atoms with Crippen LogP contribution in [0.2, 0.25) is 0 Å². The van der Waals surface area contributed by atoms with Crippen molar-refractivity contribution in [2.75, 3.05) is 13.1 Å². The van der Waals surface area contributed by atoms with Crippen LogP contribution in [0.4, 0.5) is 0 Å². The van der Waals surface area contributed by atoms with Gasteiger partial charge in [0, 0.05) is 23.6 Å². The number of aromatic hydroxyl groups is 1. The number of hydrogen-bond acceptors (Lipinski definition) is 3. The van der Waals surface area contributed by atoms with Gasteiger partial charge >= 0.3 is 0 Å². The lowest BCUT2D eigenvalue weighted by Crippen LogP contribution is -2.47. The summed E-state index contributed by atoms with van der Waals surface area (Å²) >= 11 is 3.31. The minimum atomic E-state index is -0.135. The number of piperidine rings is 1. The van der Waals surface area contributed by atoms with Gasteiger partial charge in [0.1, 0.15) is 5.75 Å². The molecule has 0 aromatic heterocycles. The Kier molecular flexibility index (Phi) is 4.24. The average Bonchev–Trinajstić information content (AvgIpc) is 2.40. The molecule has 0 spiro atoms. The highest BCUT2D eigenvalue weighted by atomic mass is 79.9. The molecule has 0 radical (unpaired) electrons. The zero-order chi connectivity index (χ0) is 13.1. The monoisotopic (exact) mass is 312 g/mol. The molecule has 0 bridgehead atoms. The lowest BCUT2D eigenvalue weighted by molar-refractivity contribution is 0.0620. The van der Waals surface area contributed by atoms with Gasteiger partial charge in [0.2, 0.25) is 0 Å². The maximum Gasteiger partial charge on any atom is 0.257 e. The van der Waals surface area contributed by atoms with Gasteiger partial charge in [0.25, 0.3) is 5.91 Å². The lowest BCUT2D eigenvalue weighted by atomic mass is 10.0. The lowest BCUT2D eigenvalue weighted by Gasteiger charge is -2.35. The second-order valence-corrected chi connectivity index (χ2v) is 5.46. The molecule has 3 N–H and O–H groups in total. The largest absolute Gasteiger partial charge is 0.507 e. The number of benzene rings is 1. The smallest absolute Gasteiger partial charge is 0.257 e. The molecule has 0 saturated carbocycles. The van der Waals surface area contributed by atoms with Crippen molar-refractivity contribution in [3.63, 3.8) is 0 Å². The van der Waals surface area contributed by atoms with Crippen LogP contribution in [0.15, 0.2) is 22.7 Å². The first-order valence-electron chi connectivity index (χ1n) is 6.13. The first-order valence-corrected chi connectivity index (χ1v) is 6.92. The summed E-state index contributed by atoms with van der Waals surface area (Å²) in [4.78, 5) is 14.2. The Balaban J connectivity index is 2.26. The van der Waals surface area contributed by atoms with Crippen LogP contribution in [-0.4, -0.2) is 35.0 Å². The molecule has 4 nitrogen and oxygen atoms in total. The van der Waals surface area contributed by atoms with Crippen molar-refractivity contribution in [2.45, 2.75) is 25.3 Å². The molecular weight excluding hydrogens is 296 g/mol. The highest BCUT2D eigenvalue weighted by Crippen LogP contribution is 2.26. The number of likely N-dealkylation sites (tertiary alicyclic amines) is 1. The predicted octanol–water partition coefficient (Wildman–Crippen LogP) is 2.11. The van der Waals surface area contributed by atoms with Crippen LogP contribution in [0.1, 0.15) is 29.6 Å². The van der Waals surface area contributed by atoms with Crippen LogP contribution in [0.3, 0.4) is 0 Å². The second-order valence-electron chi connectivity index (χ2n) is 4.55. The van der Waals surface area contributed by atoms with E-state index in [1.54, 1.807) is 17.0 Å². The number of hydrogen-bond donors (Lipinski definition) is 2. The first kappa shape index (κ1) is 13.4. The van der Waals surface area contributed by atoms with Crippen molar-refractivity contribution >= 4 is 21.8 Å². The van der Waals surface area contributed by atoms with Crippen LogP contribution < -0.4 is 5.73 Å². The second kappa shape index (κ2) is 5.71. The molecule has 1 heterocycles. The number of nitrogens with zero attached hydrogens (tertiary/aromatic N) is 1. The number of amides is 1. The van der Waals surface area contributed by atoms with Gasteiger partial charge in [0.15, 0.2) is 0 Å². The third kappa shape index (κ3) is 2.67. The summed E-state index contributed by atoms with van der Waals surface area (Å²) in [5.41, 5.74) is 6.05. The van der Waals surface area contributed by atoms with E-state index < -0.39 is 0 Å². The van der Waals surface area contributed by atoms with Gasteiger partial charge in [-0.25, -0.2) is 0 Å². The van der Waals surface area contributed by atoms with Crippen molar-refractivity contribution in [1.82, 2.24) is 4.90 Å². The molecule has 1 aromatic carbocycles. The first-order chi connectivity index (χ1) is 8.63. The summed E-state index contributed by atoms with van der Waals surface area (Å²) in [6.45, 7) is 1.19. The van der Waals surface area contributed by atoms with Gasteiger partial charge in [-0.3, -0.25) is 4.79 Å².